The molecule has 0 aliphatic rings. The van der Waals surface area contributed by atoms with Crippen LogP contribution in [-0.2, 0) is 32.0 Å². The first-order chi connectivity index (χ1) is 13.8. The van der Waals surface area contributed by atoms with Crippen molar-refractivity contribution in [1.29, 1.82) is 0 Å². The monoisotopic (exact) mass is 405 g/mol. The number of hydrogen-bond acceptors (Lipinski definition) is 7. The summed E-state index contributed by atoms with van der Waals surface area (Å²) in [6.07, 6.45) is 5.56. The number of carbonyl (C=O) groups is 4. The maximum atomic E-state index is 12.8. The second-order valence-electron chi connectivity index (χ2n) is 6.50. The zero-order valence-corrected chi connectivity index (χ0v) is 15.7. The van der Waals surface area contributed by atoms with Gasteiger partial charge in [-0.05, 0) is 6.92 Å². The van der Waals surface area contributed by atoms with Gasteiger partial charge in [0.1, 0.15) is 6.04 Å². The molecule has 0 aliphatic heterocycles. The van der Waals surface area contributed by atoms with Gasteiger partial charge in [-0.15, -0.1) is 0 Å². The highest BCUT2D eigenvalue weighted by atomic mass is 16.4. The van der Waals surface area contributed by atoms with Crippen molar-refractivity contribution in [1.82, 2.24) is 30.6 Å². The van der Waals surface area contributed by atoms with Crippen molar-refractivity contribution in [3.63, 3.8) is 0 Å². The highest BCUT2D eigenvalue weighted by Crippen LogP contribution is 2.04. The van der Waals surface area contributed by atoms with Gasteiger partial charge in [-0.3, -0.25) is 19.2 Å². The first-order valence-electron chi connectivity index (χ1n) is 8.79. The van der Waals surface area contributed by atoms with Gasteiger partial charge in [-0.25, -0.2) is 9.97 Å². The van der Waals surface area contributed by atoms with Crippen LogP contribution in [0.4, 0.5) is 0 Å². The van der Waals surface area contributed by atoms with Crippen LogP contribution in [0.1, 0.15) is 24.7 Å². The number of carboxylic acid groups (broad SMARTS) is 1. The molecule has 2 rings (SSSR count). The van der Waals surface area contributed by atoms with Crippen LogP contribution in [-0.4, -0.2) is 66.7 Å². The summed E-state index contributed by atoms with van der Waals surface area (Å²) in [5.41, 5.74) is 6.79. The number of rotatable bonds is 11. The minimum atomic E-state index is -1.32. The highest BCUT2D eigenvalue weighted by Gasteiger charge is 2.28. The molecular formula is C17H23N7O5. The van der Waals surface area contributed by atoms with Crippen molar-refractivity contribution in [2.75, 3.05) is 0 Å². The zero-order valence-electron chi connectivity index (χ0n) is 15.7. The molecule has 2 aromatic heterocycles. The number of H-pyrrole nitrogens is 2. The number of amides is 2. The second-order valence-corrected chi connectivity index (χ2v) is 6.50. The quantitative estimate of drug-likeness (QED) is 0.254. The van der Waals surface area contributed by atoms with Gasteiger partial charge in [0.2, 0.25) is 11.8 Å². The molecular weight excluding hydrogens is 382 g/mol. The van der Waals surface area contributed by atoms with E-state index in [-0.39, 0.29) is 18.6 Å². The molecule has 2 heterocycles. The molecule has 7 N–H and O–H groups in total. The Hall–Kier alpha value is -3.54. The van der Waals surface area contributed by atoms with Gasteiger partial charge in [-0.2, -0.15) is 0 Å². The molecule has 12 heteroatoms. The summed E-state index contributed by atoms with van der Waals surface area (Å²) in [4.78, 5) is 61.1. The molecule has 29 heavy (non-hydrogen) atoms. The molecule has 3 atom stereocenters. The third kappa shape index (κ3) is 6.84. The van der Waals surface area contributed by atoms with Crippen LogP contribution in [0, 0.1) is 0 Å². The summed E-state index contributed by atoms with van der Waals surface area (Å²) in [5, 5.41) is 13.8. The molecule has 0 fully saturated rings. The van der Waals surface area contributed by atoms with E-state index in [0.29, 0.717) is 11.4 Å². The van der Waals surface area contributed by atoms with Crippen LogP contribution in [0.2, 0.25) is 0 Å². The highest BCUT2D eigenvalue weighted by molar-refractivity contribution is 5.94. The molecule has 0 aromatic carbocycles. The summed E-state index contributed by atoms with van der Waals surface area (Å²) in [6, 6.07) is -3.25. The Morgan fingerprint density at radius 2 is 1.52 bits per heavy atom. The lowest BCUT2D eigenvalue weighted by Crippen LogP contribution is -2.55. The normalized spacial score (nSPS) is 13.9. The molecule has 0 bridgehead atoms. The number of carbonyl (C=O) groups excluding carboxylic acids is 3. The van der Waals surface area contributed by atoms with E-state index >= 15 is 0 Å². The molecule has 0 spiro atoms. The Balaban J connectivity index is 2.10. The Kier molecular flexibility index (Phi) is 7.60. The van der Waals surface area contributed by atoms with E-state index in [1.165, 1.54) is 32.0 Å². The average molecular weight is 405 g/mol. The number of Topliss-reactive ketones (excluding diaryl/α,β-unsaturated/α-hetero) is 1. The number of imidazole rings is 2. The van der Waals surface area contributed by atoms with Crippen molar-refractivity contribution >= 4 is 23.6 Å². The van der Waals surface area contributed by atoms with Crippen molar-refractivity contribution < 1.29 is 24.3 Å². The van der Waals surface area contributed by atoms with E-state index in [1.807, 2.05) is 0 Å². The van der Waals surface area contributed by atoms with Crippen LogP contribution in [0.3, 0.4) is 0 Å². The first-order valence-corrected chi connectivity index (χ1v) is 8.79. The van der Waals surface area contributed by atoms with Crippen LogP contribution in [0.25, 0.3) is 0 Å². The predicted molar refractivity (Wildman–Crippen MR) is 99.4 cm³/mol. The second kappa shape index (κ2) is 10.1. The smallest absolute Gasteiger partial charge is 0.305 e. The number of aliphatic carboxylic acids is 1. The molecule has 0 radical (unpaired) electrons. The lowest BCUT2D eigenvalue weighted by molar-refractivity contribution is -0.139. The Morgan fingerprint density at radius 3 is 1.97 bits per heavy atom. The number of nitrogens with zero attached hydrogens (tertiary/aromatic N) is 2. The standard InChI is InChI=1S/C17H23N7O5/c1-9(25)13(2-10-5-19-7-21-10)23-17(29)14(3-11-6-20-8-22-11)24-16(28)12(18)4-15(26)27/h5-8,12-14H,2-4,18H2,1H3,(H,19,21)(H,20,22)(H,23,29)(H,24,28)(H,26,27). The molecule has 0 aliphatic carbocycles. The maximum absolute atomic E-state index is 12.8. The van der Waals surface area contributed by atoms with E-state index in [4.69, 9.17) is 10.8 Å². The Bertz CT molecular complexity index is 834. The van der Waals surface area contributed by atoms with E-state index in [1.54, 1.807) is 0 Å². The summed E-state index contributed by atoms with van der Waals surface area (Å²) in [6.45, 7) is 1.34. The molecule has 2 amide bonds. The van der Waals surface area contributed by atoms with Crippen molar-refractivity contribution in [3.8, 4) is 0 Å². The fourth-order valence-corrected chi connectivity index (χ4v) is 2.57. The third-order valence-electron chi connectivity index (χ3n) is 4.13. The van der Waals surface area contributed by atoms with Gasteiger partial charge < -0.3 is 31.4 Å². The Labute approximate surface area is 165 Å². The average Bonchev–Trinajstić information content (AvgIpc) is 3.33. The van der Waals surface area contributed by atoms with E-state index < -0.39 is 42.3 Å². The number of hydrogen-bond donors (Lipinski definition) is 6. The van der Waals surface area contributed by atoms with Crippen molar-refractivity contribution in [2.24, 2.45) is 5.73 Å². The van der Waals surface area contributed by atoms with Gasteiger partial charge in [0.05, 0.1) is 31.2 Å². The molecule has 12 nitrogen and oxygen atoms in total. The molecule has 0 saturated heterocycles. The van der Waals surface area contributed by atoms with Crippen LogP contribution >= 0.6 is 0 Å². The number of nitrogens with two attached hydrogens (primary N) is 1. The van der Waals surface area contributed by atoms with Gasteiger partial charge in [0, 0.05) is 36.6 Å². The van der Waals surface area contributed by atoms with E-state index in [9.17, 15) is 19.2 Å². The minimum absolute atomic E-state index is 0.0477. The maximum Gasteiger partial charge on any atom is 0.305 e. The minimum Gasteiger partial charge on any atom is -0.481 e. The zero-order chi connectivity index (χ0) is 21.4. The van der Waals surface area contributed by atoms with Gasteiger partial charge in [0.25, 0.3) is 0 Å². The largest absolute Gasteiger partial charge is 0.481 e. The number of aromatic amines is 2. The van der Waals surface area contributed by atoms with E-state index in [2.05, 4.69) is 30.6 Å². The van der Waals surface area contributed by atoms with Gasteiger partial charge >= 0.3 is 5.97 Å². The number of ketones is 1. The lowest BCUT2D eigenvalue weighted by atomic mass is 10.1. The predicted octanol–water partition coefficient (Wildman–Crippen LogP) is -1.72. The number of nitrogens with one attached hydrogen (secondary N) is 4. The topological polar surface area (TPSA) is 196 Å². The van der Waals surface area contributed by atoms with Crippen molar-refractivity contribution in [2.45, 2.75) is 44.3 Å². The third-order valence-corrected chi connectivity index (χ3v) is 4.13. The lowest BCUT2D eigenvalue weighted by Gasteiger charge is -2.22. The molecule has 3 unspecified atom stereocenters. The molecule has 2 aromatic rings. The van der Waals surface area contributed by atoms with Gasteiger partial charge in [-0.1, -0.05) is 0 Å². The fourth-order valence-electron chi connectivity index (χ4n) is 2.57. The fraction of sp³-hybridized carbons (Fsp3) is 0.412. The number of aromatic nitrogens is 4. The first kappa shape index (κ1) is 21.8. The van der Waals surface area contributed by atoms with Gasteiger partial charge in [0.15, 0.2) is 5.78 Å². The van der Waals surface area contributed by atoms with E-state index in [0.717, 1.165) is 0 Å². The Morgan fingerprint density at radius 1 is 1.00 bits per heavy atom. The van der Waals surface area contributed by atoms with Crippen LogP contribution in [0.5, 0.6) is 0 Å². The van der Waals surface area contributed by atoms with Crippen LogP contribution < -0.4 is 16.4 Å². The number of carboxylic acids is 1. The summed E-state index contributed by atoms with van der Waals surface area (Å²) < 4.78 is 0. The van der Waals surface area contributed by atoms with Crippen LogP contribution in [0.15, 0.2) is 25.0 Å². The molecule has 0 saturated carbocycles. The summed E-state index contributed by atoms with van der Waals surface area (Å²) in [5.74, 6) is -2.92. The molecule has 156 valence electrons. The summed E-state index contributed by atoms with van der Waals surface area (Å²) in [7, 11) is 0. The summed E-state index contributed by atoms with van der Waals surface area (Å²) >= 11 is 0. The van der Waals surface area contributed by atoms with Crippen molar-refractivity contribution in [3.05, 3.63) is 36.4 Å². The SMILES string of the molecule is CC(=O)C(Cc1cnc[nH]1)NC(=O)C(Cc1cnc[nH]1)NC(=O)C(N)CC(=O)O.